The molecule has 0 spiro atoms. The summed E-state index contributed by atoms with van der Waals surface area (Å²) in [6.45, 7) is 20.7. The van der Waals surface area contributed by atoms with E-state index in [1.807, 2.05) is 126 Å². The molecule has 432 valence electrons. The molecule has 81 heavy (non-hydrogen) atoms. The number of aromatic amines is 2. The van der Waals surface area contributed by atoms with Gasteiger partial charge in [0, 0.05) is 34.7 Å². The van der Waals surface area contributed by atoms with Gasteiger partial charge in [-0.1, -0.05) is 142 Å². The van der Waals surface area contributed by atoms with Gasteiger partial charge >= 0.3 is 23.6 Å². The van der Waals surface area contributed by atoms with Crippen molar-refractivity contribution >= 4 is 51.6 Å². The Kier molecular flexibility index (Phi) is 23.6. The second kappa shape index (κ2) is 28.8. The van der Waals surface area contributed by atoms with Crippen LogP contribution in [0.3, 0.4) is 0 Å². The first kappa shape index (κ1) is 66.4. The molecule has 4 aromatic heterocycles. The number of carbonyl (C=O) groups is 2. The second-order valence-corrected chi connectivity index (χ2v) is 21.0. The van der Waals surface area contributed by atoms with E-state index < -0.39 is 23.4 Å². The van der Waals surface area contributed by atoms with Crippen molar-refractivity contribution in [1.82, 2.24) is 39.0 Å². The molecule has 0 atom stereocenters. The van der Waals surface area contributed by atoms with Gasteiger partial charge in [0.15, 0.2) is 22.9 Å². The standard InChI is InChI=1S/C26H29N5O3.C21H21N5O.C12H18N2O2.4CH4/c1-16(2)19-8-6-7-9-20(19)22-27-14-21-23(30-22)31(24(32)29-21)15-17-10-12-18(13-11-17)28-25(33)34-26(3,4)5;1-13(2)16-5-3-4-6-17(16)19-23-11-18-20(25-19)26(21(27)24-18)12-14-7-9-15(22)10-8-14;1-12(2,3)16-11(15)14-10-6-4-9(8-13)5-7-10;;;;/h6-14,16H,15H2,1-5H3,(H,28,33)(H,29,32);3-11,13H,12,22H2,1-2H3,(H,24,27);4-7H,8,13H2,1-3H3,(H,14,15);4*1H4. The lowest BCUT2D eigenvalue weighted by Crippen LogP contribution is -2.27. The van der Waals surface area contributed by atoms with Crippen molar-refractivity contribution in [2.24, 2.45) is 5.73 Å². The van der Waals surface area contributed by atoms with Gasteiger partial charge in [-0.25, -0.2) is 39.1 Å². The van der Waals surface area contributed by atoms with Crippen LogP contribution in [0, 0.1) is 0 Å². The Morgan fingerprint density at radius 3 is 1.23 bits per heavy atom. The van der Waals surface area contributed by atoms with E-state index in [0.29, 0.717) is 82.5 Å². The number of nitrogens with zero attached hydrogens (tertiary/aromatic N) is 6. The van der Waals surface area contributed by atoms with Crippen molar-refractivity contribution in [2.45, 2.75) is 142 Å². The molecule has 0 saturated heterocycles. The van der Waals surface area contributed by atoms with E-state index in [4.69, 9.17) is 30.9 Å². The highest BCUT2D eigenvalue weighted by atomic mass is 16.6. The molecule has 18 heteroatoms. The molecule has 0 aliphatic carbocycles. The third kappa shape index (κ3) is 18.1. The maximum Gasteiger partial charge on any atom is 0.412 e. The lowest BCUT2D eigenvalue weighted by molar-refractivity contribution is 0.0624. The molecule has 18 nitrogen and oxygen atoms in total. The van der Waals surface area contributed by atoms with Crippen molar-refractivity contribution in [3.05, 3.63) is 183 Å². The average molecular weight is 1110 g/mol. The summed E-state index contributed by atoms with van der Waals surface area (Å²) < 4.78 is 13.6. The third-order valence-electron chi connectivity index (χ3n) is 11.8. The van der Waals surface area contributed by atoms with E-state index in [2.05, 4.69) is 70.4 Å². The van der Waals surface area contributed by atoms with E-state index in [1.54, 1.807) is 45.8 Å². The molecular weight excluding hydrogens is 1020 g/mol. The predicted molar refractivity (Wildman–Crippen MR) is 332 cm³/mol. The number of imidazole rings is 2. The Morgan fingerprint density at radius 1 is 0.543 bits per heavy atom. The summed E-state index contributed by atoms with van der Waals surface area (Å²) in [5, 5.41) is 5.36. The monoisotopic (exact) mass is 1100 g/mol. The van der Waals surface area contributed by atoms with Gasteiger partial charge in [-0.2, -0.15) is 0 Å². The number of amides is 2. The number of hydrogen-bond acceptors (Lipinski definition) is 12. The minimum Gasteiger partial charge on any atom is -0.444 e. The van der Waals surface area contributed by atoms with E-state index in [9.17, 15) is 19.2 Å². The number of ether oxygens (including phenoxy) is 2. The van der Waals surface area contributed by atoms with Crippen LogP contribution in [0.2, 0.25) is 0 Å². The maximum atomic E-state index is 12.7. The van der Waals surface area contributed by atoms with Crippen molar-refractivity contribution < 1.29 is 19.1 Å². The summed E-state index contributed by atoms with van der Waals surface area (Å²) in [7, 11) is 0. The molecule has 0 radical (unpaired) electrons. The van der Waals surface area contributed by atoms with Crippen LogP contribution >= 0.6 is 0 Å². The van der Waals surface area contributed by atoms with Crippen LogP contribution in [-0.4, -0.2) is 62.4 Å². The molecule has 2 amide bonds. The van der Waals surface area contributed by atoms with Gasteiger partial charge < -0.3 is 30.9 Å². The fraction of sp³-hybridized carbons (Fsp3) is 0.333. The number of nitrogen functional groups attached to an aromatic ring is 1. The molecule has 0 bridgehead atoms. The maximum absolute atomic E-state index is 12.7. The van der Waals surface area contributed by atoms with Crippen LogP contribution in [0.15, 0.2) is 143 Å². The van der Waals surface area contributed by atoms with Gasteiger partial charge in [0.05, 0.1) is 25.5 Å². The molecule has 4 heterocycles. The highest BCUT2D eigenvalue weighted by Crippen LogP contribution is 2.29. The molecule has 0 fully saturated rings. The van der Waals surface area contributed by atoms with E-state index in [1.165, 1.54) is 5.56 Å². The first-order chi connectivity index (χ1) is 36.5. The zero-order chi connectivity index (χ0) is 55.6. The highest BCUT2D eigenvalue weighted by molar-refractivity contribution is 5.85. The summed E-state index contributed by atoms with van der Waals surface area (Å²) in [4.78, 5) is 72.6. The number of carbonyl (C=O) groups excluding carboxylic acids is 2. The molecule has 0 aliphatic rings. The Balaban J connectivity index is 0.000000330. The highest BCUT2D eigenvalue weighted by Gasteiger charge is 2.19. The minimum absolute atomic E-state index is 0. The lowest BCUT2D eigenvalue weighted by Gasteiger charge is -2.19. The van der Waals surface area contributed by atoms with Crippen molar-refractivity contribution in [3.63, 3.8) is 0 Å². The number of nitrogens with two attached hydrogens (primary N) is 2. The molecule has 8 N–H and O–H groups in total. The molecule has 0 unspecified atom stereocenters. The number of anilines is 3. The van der Waals surface area contributed by atoms with Gasteiger partial charge in [-0.3, -0.25) is 19.8 Å². The Bertz CT molecular complexity index is 3580. The van der Waals surface area contributed by atoms with Gasteiger partial charge in [-0.05, 0) is 118 Å². The Morgan fingerprint density at radius 2 is 0.889 bits per heavy atom. The molecular formula is C63H84N12O6. The van der Waals surface area contributed by atoms with Crippen molar-refractivity contribution in [1.29, 1.82) is 0 Å². The molecule has 0 aliphatic heterocycles. The van der Waals surface area contributed by atoms with E-state index in [-0.39, 0.29) is 41.1 Å². The fourth-order valence-electron chi connectivity index (χ4n) is 8.10. The quantitative estimate of drug-likeness (QED) is 0.0661. The normalized spacial score (nSPS) is 10.9. The van der Waals surface area contributed by atoms with Crippen LogP contribution in [0.4, 0.5) is 26.7 Å². The van der Waals surface area contributed by atoms with Crippen LogP contribution in [0.1, 0.15) is 139 Å². The summed E-state index contributed by atoms with van der Waals surface area (Å²) in [5.41, 5.74) is 21.2. The topological polar surface area (TPSA) is 256 Å². The van der Waals surface area contributed by atoms with Gasteiger partial charge in [0.1, 0.15) is 22.2 Å². The average Bonchev–Trinajstić information content (AvgIpc) is 3.97. The van der Waals surface area contributed by atoms with Gasteiger partial charge in [0.25, 0.3) is 0 Å². The van der Waals surface area contributed by atoms with Crippen LogP contribution in [0.5, 0.6) is 0 Å². The van der Waals surface area contributed by atoms with Crippen LogP contribution < -0.4 is 33.5 Å². The summed E-state index contributed by atoms with van der Waals surface area (Å²) >= 11 is 0. The Labute approximate surface area is 476 Å². The SMILES string of the molecule is C.C.C.C.CC(C)(C)OC(=O)Nc1ccc(CN)cc1.CC(C)c1ccccc1-c1ncc2[nH]c(=O)n(Cc3ccc(N)cc3)c2n1.CC(C)c1ccccc1-c1ncc2[nH]c(=O)n(Cc3ccc(NC(=O)OC(C)(C)C)cc3)c2n1. The van der Waals surface area contributed by atoms with Gasteiger partial charge in [0.2, 0.25) is 0 Å². The fourth-order valence-corrected chi connectivity index (χ4v) is 8.10. The molecule has 9 aromatic rings. The van der Waals surface area contributed by atoms with E-state index in [0.717, 1.165) is 33.4 Å². The first-order valence-corrected chi connectivity index (χ1v) is 25.4. The number of hydrogen-bond donors (Lipinski definition) is 6. The second-order valence-electron chi connectivity index (χ2n) is 21.0. The number of fused-ring (bicyclic) bond motifs is 2. The van der Waals surface area contributed by atoms with Crippen LogP contribution in [-0.2, 0) is 29.1 Å². The smallest absolute Gasteiger partial charge is 0.412 e. The molecule has 5 aromatic carbocycles. The number of H-pyrrole nitrogens is 2. The zero-order valence-electron chi connectivity index (χ0n) is 45.3. The summed E-state index contributed by atoms with van der Waals surface area (Å²) in [6, 6.07) is 38.2. The predicted octanol–water partition coefficient (Wildman–Crippen LogP) is 13.9. The molecule has 9 rings (SSSR count). The van der Waals surface area contributed by atoms with Gasteiger partial charge in [-0.15, -0.1) is 0 Å². The molecule has 0 saturated carbocycles. The first-order valence-electron chi connectivity index (χ1n) is 25.4. The number of aromatic nitrogens is 8. The number of rotatable bonds is 11. The summed E-state index contributed by atoms with van der Waals surface area (Å²) in [6.07, 6.45) is 2.36. The van der Waals surface area contributed by atoms with E-state index >= 15 is 0 Å². The zero-order valence-corrected chi connectivity index (χ0v) is 45.3. The Hall–Kier alpha value is -8.90. The lowest BCUT2D eigenvalue weighted by atomic mass is 9.97. The third-order valence-corrected chi connectivity index (χ3v) is 11.8. The van der Waals surface area contributed by atoms with Crippen molar-refractivity contribution in [2.75, 3.05) is 16.4 Å². The largest absolute Gasteiger partial charge is 0.444 e. The minimum atomic E-state index is -0.572. The number of nitrogens with one attached hydrogen (secondary N) is 4. The number of benzene rings is 5. The summed E-state index contributed by atoms with van der Waals surface area (Å²) in [5.74, 6) is 1.87. The van der Waals surface area contributed by atoms with Crippen molar-refractivity contribution in [3.8, 4) is 22.8 Å². The van der Waals surface area contributed by atoms with Crippen LogP contribution in [0.25, 0.3) is 45.1 Å².